The van der Waals surface area contributed by atoms with Crippen LogP contribution in [0.25, 0.3) is 0 Å². The zero-order valence-corrected chi connectivity index (χ0v) is 17.3. The van der Waals surface area contributed by atoms with Crippen LogP contribution in [0.3, 0.4) is 0 Å². The zero-order valence-electron chi connectivity index (χ0n) is 16.5. The number of nitrogens with one attached hydrogen (secondary N) is 1. The molecule has 1 saturated heterocycles. The van der Waals surface area contributed by atoms with Crippen molar-refractivity contribution in [3.8, 4) is 0 Å². The number of thioether (sulfide) groups is 1. The quantitative estimate of drug-likeness (QED) is 0.615. The lowest BCUT2D eigenvalue weighted by molar-refractivity contribution is -0.113. The lowest BCUT2D eigenvalue weighted by atomic mass is 9.92. The van der Waals surface area contributed by atoms with E-state index < -0.39 is 0 Å². The van der Waals surface area contributed by atoms with E-state index in [0.29, 0.717) is 17.6 Å². The summed E-state index contributed by atoms with van der Waals surface area (Å²) >= 11 is 1.45. The smallest absolute Gasteiger partial charge is 0.234 e. The van der Waals surface area contributed by atoms with Crippen molar-refractivity contribution in [2.24, 2.45) is 11.8 Å². The van der Waals surface area contributed by atoms with Crippen LogP contribution in [0, 0.1) is 25.7 Å². The molecule has 1 amide bonds. The van der Waals surface area contributed by atoms with Crippen LogP contribution in [0.1, 0.15) is 31.4 Å². The van der Waals surface area contributed by atoms with Crippen LogP contribution in [0.5, 0.6) is 0 Å². The molecular formula is C21H28N4OS. The number of rotatable bonds is 5. The summed E-state index contributed by atoms with van der Waals surface area (Å²) in [6.07, 6.45) is 2.87. The van der Waals surface area contributed by atoms with E-state index in [9.17, 15) is 4.79 Å². The fourth-order valence-corrected chi connectivity index (χ4v) is 4.31. The van der Waals surface area contributed by atoms with Gasteiger partial charge in [0.25, 0.3) is 0 Å². The van der Waals surface area contributed by atoms with Crippen LogP contribution in [0.15, 0.2) is 35.6 Å². The molecule has 0 spiro atoms. The highest BCUT2D eigenvalue weighted by Gasteiger charge is 2.23. The molecule has 0 bridgehead atoms. The van der Waals surface area contributed by atoms with Crippen LogP contribution in [0.2, 0.25) is 0 Å². The van der Waals surface area contributed by atoms with E-state index in [0.717, 1.165) is 35.2 Å². The number of hydrogen-bond acceptors (Lipinski definition) is 5. The molecule has 1 aliphatic heterocycles. The average Bonchev–Trinajstić information content (AvgIpc) is 2.63. The molecule has 0 radical (unpaired) electrons. The molecule has 1 aliphatic rings. The Balaban J connectivity index is 1.59. The number of nitrogens with zero attached hydrogens (tertiary/aromatic N) is 3. The minimum absolute atomic E-state index is 0.0194. The molecule has 1 aromatic heterocycles. The predicted molar refractivity (Wildman–Crippen MR) is 112 cm³/mol. The number of carbonyl (C=O) groups is 1. The second kappa shape index (κ2) is 8.74. The molecule has 1 N–H and O–H groups in total. The van der Waals surface area contributed by atoms with Crippen molar-refractivity contribution in [3.05, 3.63) is 41.7 Å². The van der Waals surface area contributed by atoms with Crippen molar-refractivity contribution in [2.45, 2.75) is 39.1 Å². The third-order valence-corrected chi connectivity index (χ3v) is 5.98. The van der Waals surface area contributed by atoms with Gasteiger partial charge >= 0.3 is 0 Å². The van der Waals surface area contributed by atoms with Gasteiger partial charge in [-0.1, -0.05) is 37.7 Å². The standard InChI is InChI=1S/C21H28N4OS/c1-14-8-15(2)11-25(10-14)19-9-21(23-13-22-19)27-12-20(26)24-18-7-5-6-16(3)17(18)4/h5-7,9,13-15H,8,10-12H2,1-4H3,(H,24,26)/t14-,15-/m0/s1. The van der Waals surface area contributed by atoms with E-state index in [1.165, 1.54) is 23.7 Å². The summed E-state index contributed by atoms with van der Waals surface area (Å²) in [5.41, 5.74) is 3.15. The molecule has 0 saturated carbocycles. The van der Waals surface area contributed by atoms with E-state index in [1.54, 1.807) is 6.33 Å². The van der Waals surface area contributed by atoms with Gasteiger partial charge in [0.1, 0.15) is 17.2 Å². The van der Waals surface area contributed by atoms with Crippen LogP contribution in [-0.2, 0) is 4.79 Å². The molecular weight excluding hydrogens is 356 g/mol. The Labute approximate surface area is 166 Å². The molecule has 144 valence electrons. The van der Waals surface area contributed by atoms with E-state index in [-0.39, 0.29) is 5.91 Å². The Morgan fingerprint density at radius 1 is 1.22 bits per heavy atom. The fraction of sp³-hybridized carbons (Fsp3) is 0.476. The van der Waals surface area contributed by atoms with Crippen molar-refractivity contribution >= 4 is 29.2 Å². The van der Waals surface area contributed by atoms with E-state index in [2.05, 4.69) is 34.0 Å². The summed E-state index contributed by atoms with van der Waals surface area (Å²) in [7, 11) is 0. The third kappa shape index (κ3) is 5.22. The zero-order chi connectivity index (χ0) is 19.4. The van der Waals surface area contributed by atoms with Crippen molar-refractivity contribution in [2.75, 3.05) is 29.1 Å². The number of anilines is 2. The molecule has 2 aromatic rings. The fourth-order valence-electron chi connectivity index (χ4n) is 3.64. The summed E-state index contributed by atoms with van der Waals surface area (Å²) in [5, 5.41) is 3.83. The highest BCUT2D eigenvalue weighted by molar-refractivity contribution is 7.99. The molecule has 0 aliphatic carbocycles. The first kappa shape index (κ1) is 19.7. The SMILES string of the molecule is Cc1cccc(NC(=O)CSc2cc(N3C[C@@H](C)C[C@H](C)C3)ncn2)c1C. The van der Waals surface area contributed by atoms with Gasteiger partial charge in [-0.15, -0.1) is 0 Å². The van der Waals surface area contributed by atoms with Gasteiger partial charge < -0.3 is 10.2 Å². The van der Waals surface area contributed by atoms with Crippen molar-refractivity contribution in [1.82, 2.24) is 9.97 Å². The molecule has 1 fully saturated rings. The van der Waals surface area contributed by atoms with Gasteiger partial charge in [-0.05, 0) is 49.3 Å². The number of piperidine rings is 1. The lowest BCUT2D eigenvalue weighted by Crippen LogP contribution is -2.39. The maximum atomic E-state index is 12.3. The van der Waals surface area contributed by atoms with Gasteiger partial charge in [-0.3, -0.25) is 4.79 Å². The minimum atomic E-state index is -0.0194. The first-order chi connectivity index (χ1) is 12.9. The molecule has 2 atom stereocenters. The Hall–Kier alpha value is -2.08. The second-order valence-electron chi connectivity index (χ2n) is 7.65. The minimum Gasteiger partial charge on any atom is -0.356 e. The maximum absolute atomic E-state index is 12.3. The molecule has 27 heavy (non-hydrogen) atoms. The molecule has 5 nitrogen and oxygen atoms in total. The lowest BCUT2D eigenvalue weighted by Gasteiger charge is -2.35. The van der Waals surface area contributed by atoms with E-state index in [1.807, 2.05) is 38.1 Å². The number of benzene rings is 1. The summed E-state index contributed by atoms with van der Waals surface area (Å²) < 4.78 is 0. The van der Waals surface area contributed by atoms with Gasteiger partial charge in [0.05, 0.1) is 5.75 Å². The monoisotopic (exact) mass is 384 g/mol. The van der Waals surface area contributed by atoms with Crippen molar-refractivity contribution < 1.29 is 4.79 Å². The molecule has 1 aromatic carbocycles. The molecule has 0 unspecified atom stereocenters. The van der Waals surface area contributed by atoms with E-state index in [4.69, 9.17) is 0 Å². The summed E-state index contributed by atoms with van der Waals surface area (Å²) in [6, 6.07) is 7.94. The second-order valence-corrected chi connectivity index (χ2v) is 8.65. The van der Waals surface area contributed by atoms with Crippen molar-refractivity contribution in [1.29, 1.82) is 0 Å². The number of hydrogen-bond donors (Lipinski definition) is 1. The molecule has 3 rings (SSSR count). The number of aryl methyl sites for hydroxylation is 1. The summed E-state index contributed by atoms with van der Waals surface area (Å²) in [6.45, 7) is 10.7. The number of aromatic nitrogens is 2. The van der Waals surface area contributed by atoms with Crippen LogP contribution < -0.4 is 10.2 Å². The Bertz CT molecular complexity index is 801. The largest absolute Gasteiger partial charge is 0.356 e. The number of carbonyl (C=O) groups excluding carboxylic acids is 1. The van der Waals surface area contributed by atoms with Gasteiger partial charge in [-0.2, -0.15) is 0 Å². The predicted octanol–water partition coefficient (Wildman–Crippen LogP) is 4.31. The summed E-state index contributed by atoms with van der Waals surface area (Å²) in [5.74, 6) is 2.61. The maximum Gasteiger partial charge on any atom is 0.234 e. The topological polar surface area (TPSA) is 58.1 Å². The van der Waals surface area contributed by atoms with Gasteiger partial charge in [-0.25, -0.2) is 9.97 Å². The molecule has 6 heteroatoms. The van der Waals surface area contributed by atoms with E-state index >= 15 is 0 Å². The van der Waals surface area contributed by atoms with Crippen LogP contribution in [-0.4, -0.2) is 34.7 Å². The average molecular weight is 385 g/mol. The normalized spacial score (nSPS) is 19.8. The van der Waals surface area contributed by atoms with Gasteiger partial charge in [0.15, 0.2) is 0 Å². The van der Waals surface area contributed by atoms with Crippen molar-refractivity contribution in [3.63, 3.8) is 0 Å². The molecule has 2 heterocycles. The number of amides is 1. The Morgan fingerprint density at radius 3 is 2.70 bits per heavy atom. The first-order valence-corrected chi connectivity index (χ1v) is 10.5. The van der Waals surface area contributed by atoms with Crippen LogP contribution in [0.4, 0.5) is 11.5 Å². The van der Waals surface area contributed by atoms with Gasteiger partial charge in [0.2, 0.25) is 5.91 Å². The first-order valence-electron chi connectivity index (χ1n) is 9.48. The Kier molecular flexibility index (Phi) is 6.37. The van der Waals surface area contributed by atoms with Crippen LogP contribution >= 0.6 is 11.8 Å². The Morgan fingerprint density at radius 2 is 1.96 bits per heavy atom. The summed E-state index contributed by atoms with van der Waals surface area (Å²) in [4.78, 5) is 23.4. The third-order valence-electron chi connectivity index (χ3n) is 5.05. The van der Waals surface area contributed by atoms with Gasteiger partial charge in [0, 0.05) is 24.8 Å². The highest BCUT2D eigenvalue weighted by atomic mass is 32.2. The highest BCUT2D eigenvalue weighted by Crippen LogP contribution is 2.27.